The molecule has 0 spiro atoms. The summed E-state index contributed by atoms with van der Waals surface area (Å²) in [7, 11) is 3.12. The van der Waals surface area contributed by atoms with Crippen LogP contribution in [-0.2, 0) is 7.05 Å². The van der Waals surface area contributed by atoms with Crippen molar-refractivity contribution in [2.24, 2.45) is 7.05 Å². The van der Waals surface area contributed by atoms with Crippen LogP contribution >= 0.6 is 15.9 Å². The Hall–Kier alpha value is -1.79. The molecule has 0 atom stereocenters. The highest BCUT2D eigenvalue weighted by Crippen LogP contribution is 2.31. The summed E-state index contributed by atoms with van der Waals surface area (Å²) in [6.45, 7) is 2.88. The second-order valence-electron chi connectivity index (χ2n) is 5.56. The van der Waals surface area contributed by atoms with Crippen molar-refractivity contribution in [2.75, 3.05) is 7.11 Å². The van der Waals surface area contributed by atoms with Crippen molar-refractivity contribution in [3.05, 3.63) is 44.3 Å². The molecule has 0 saturated heterocycles. The summed E-state index contributed by atoms with van der Waals surface area (Å²) < 4.78 is 7.72. The molecule has 2 aromatic rings. The zero-order valence-corrected chi connectivity index (χ0v) is 14.4. The van der Waals surface area contributed by atoms with E-state index in [9.17, 15) is 15.0 Å². The summed E-state index contributed by atoms with van der Waals surface area (Å²) >= 11 is 3.40. The standard InChI is InChI=1S/C16H18BrNO4/c1-16(2,21)13(19)8-11-14(22-4)10-7-9(17)5-6-12(10)18(3)15(11)20/h5-8,19,21H,1-4H3. The molecule has 0 bridgehead atoms. The lowest BCUT2D eigenvalue weighted by molar-refractivity contribution is 0.0732. The number of aryl methyl sites for hydroxylation is 1. The molecule has 2 rings (SSSR count). The van der Waals surface area contributed by atoms with Gasteiger partial charge in [0, 0.05) is 16.9 Å². The van der Waals surface area contributed by atoms with E-state index in [-0.39, 0.29) is 16.9 Å². The fourth-order valence-electron chi connectivity index (χ4n) is 2.18. The molecule has 2 N–H and O–H groups in total. The van der Waals surface area contributed by atoms with Gasteiger partial charge in [0.2, 0.25) is 0 Å². The van der Waals surface area contributed by atoms with Crippen LogP contribution in [0.25, 0.3) is 17.0 Å². The van der Waals surface area contributed by atoms with Crippen molar-refractivity contribution in [2.45, 2.75) is 19.4 Å². The van der Waals surface area contributed by atoms with Crippen LogP contribution in [0.2, 0.25) is 0 Å². The highest BCUT2D eigenvalue weighted by Gasteiger charge is 2.21. The number of ether oxygens (including phenoxy) is 1. The summed E-state index contributed by atoms with van der Waals surface area (Å²) in [5.74, 6) is 0.0486. The van der Waals surface area contributed by atoms with Crippen molar-refractivity contribution in [1.82, 2.24) is 4.57 Å². The summed E-state index contributed by atoms with van der Waals surface area (Å²) in [6, 6.07) is 5.49. The molecule has 1 aromatic heterocycles. The Morgan fingerprint density at radius 2 is 2.05 bits per heavy atom. The van der Waals surface area contributed by atoms with Gasteiger partial charge in [0.25, 0.3) is 5.56 Å². The van der Waals surface area contributed by atoms with Gasteiger partial charge in [-0.3, -0.25) is 4.79 Å². The number of hydrogen-bond acceptors (Lipinski definition) is 4. The van der Waals surface area contributed by atoms with Gasteiger partial charge in [-0.2, -0.15) is 0 Å². The minimum Gasteiger partial charge on any atom is -0.509 e. The van der Waals surface area contributed by atoms with Gasteiger partial charge < -0.3 is 19.5 Å². The molecule has 0 aliphatic carbocycles. The number of halogens is 1. The molecular weight excluding hydrogens is 350 g/mol. The van der Waals surface area contributed by atoms with Gasteiger partial charge in [-0.25, -0.2) is 0 Å². The van der Waals surface area contributed by atoms with E-state index < -0.39 is 5.60 Å². The van der Waals surface area contributed by atoms with Gasteiger partial charge in [-0.15, -0.1) is 0 Å². The van der Waals surface area contributed by atoms with E-state index in [4.69, 9.17) is 4.74 Å². The van der Waals surface area contributed by atoms with Gasteiger partial charge in [0.1, 0.15) is 17.1 Å². The average molecular weight is 368 g/mol. The summed E-state index contributed by atoms with van der Waals surface area (Å²) in [4.78, 5) is 12.5. The van der Waals surface area contributed by atoms with E-state index in [1.54, 1.807) is 7.05 Å². The largest absolute Gasteiger partial charge is 0.509 e. The molecule has 0 fully saturated rings. The molecule has 22 heavy (non-hydrogen) atoms. The molecule has 0 amide bonds. The van der Waals surface area contributed by atoms with Crippen LogP contribution in [0.5, 0.6) is 5.75 Å². The number of methoxy groups -OCH3 is 1. The van der Waals surface area contributed by atoms with Gasteiger partial charge >= 0.3 is 0 Å². The number of benzene rings is 1. The maximum Gasteiger partial charge on any atom is 0.261 e. The molecule has 5 nitrogen and oxygen atoms in total. The first-order chi connectivity index (χ1) is 10.2. The summed E-state index contributed by atoms with van der Waals surface area (Å²) in [5.41, 5.74) is -0.856. The molecule has 1 heterocycles. The van der Waals surface area contributed by atoms with Crippen LogP contribution in [-0.4, -0.2) is 27.5 Å². The van der Waals surface area contributed by atoms with E-state index in [1.807, 2.05) is 18.2 Å². The van der Waals surface area contributed by atoms with Crippen molar-refractivity contribution in [1.29, 1.82) is 0 Å². The van der Waals surface area contributed by atoms with E-state index >= 15 is 0 Å². The normalized spacial score (nSPS) is 12.7. The van der Waals surface area contributed by atoms with Crippen molar-refractivity contribution in [3.8, 4) is 5.75 Å². The fraction of sp³-hybridized carbons (Fsp3) is 0.312. The van der Waals surface area contributed by atoms with Crippen molar-refractivity contribution >= 4 is 32.9 Å². The Kier molecular flexibility index (Phi) is 4.35. The predicted octanol–water partition coefficient (Wildman–Crippen LogP) is 2.98. The number of rotatable bonds is 3. The molecule has 0 aliphatic heterocycles. The maximum atomic E-state index is 12.5. The number of aliphatic hydroxyl groups excluding tert-OH is 1. The number of aromatic nitrogens is 1. The monoisotopic (exact) mass is 367 g/mol. The lowest BCUT2D eigenvalue weighted by atomic mass is 10.0. The third-order valence-electron chi connectivity index (χ3n) is 3.46. The third kappa shape index (κ3) is 2.89. The highest BCUT2D eigenvalue weighted by atomic mass is 79.9. The SMILES string of the molecule is COc1c(C=C(O)C(C)(C)O)c(=O)n(C)c2ccc(Br)cc12. The Labute approximate surface area is 136 Å². The molecule has 0 unspecified atom stereocenters. The first kappa shape index (κ1) is 16.6. The molecule has 118 valence electrons. The van der Waals surface area contributed by atoms with Gasteiger partial charge in [0.05, 0.1) is 18.2 Å². The molecule has 1 aromatic carbocycles. The number of aliphatic hydroxyl groups is 2. The van der Waals surface area contributed by atoms with Crippen LogP contribution in [0.4, 0.5) is 0 Å². The van der Waals surface area contributed by atoms with Gasteiger partial charge in [-0.05, 0) is 38.1 Å². The second kappa shape index (κ2) is 5.78. The number of fused-ring (bicyclic) bond motifs is 1. The smallest absolute Gasteiger partial charge is 0.261 e. The summed E-state index contributed by atoms with van der Waals surface area (Å²) in [6.07, 6.45) is 1.25. The number of nitrogens with zero attached hydrogens (tertiary/aromatic N) is 1. The molecule has 0 saturated carbocycles. The van der Waals surface area contributed by atoms with Gasteiger partial charge in [-0.1, -0.05) is 15.9 Å². The van der Waals surface area contributed by atoms with Crippen LogP contribution in [0.1, 0.15) is 19.4 Å². The van der Waals surface area contributed by atoms with Crippen LogP contribution in [0.15, 0.2) is 33.2 Å². The molecular formula is C16H18BrNO4. The first-order valence-electron chi connectivity index (χ1n) is 6.66. The van der Waals surface area contributed by atoms with E-state index in [1.165, 1.54) is 31.6 Å². The lowest BCUT2D eigenvalue weighted by Gasteiger charge is -2.18. The minimum atomic E-state index is -1.44. The van der Waals surface area contributed by atoms with Crippen molar-refractivity contribution < 1.29 is 14.9 Å². The maximum absolute atomic E-state index is 12.5. The lowest BCUT2D eigenvalue weighted by Crippen LogP contribution is -2.24. The first-order valence-corrected chi connectivity index (χ1v) is 7.46. The van der Waals surface area contributed by atoms with E-state index in [0.717, 1.165) is 9.86 Å². The van der Waals surface area contributed by atoms with Crippen molar-refractivity contribution in [3.63, 3.8) is 0 Å². The second-order valence-corrected chi connectivity index (χ2v) is 6.48. The quantitative estimate of drug-likeness (QED) is 0.818. The topological polar surface area (TPSA) is 71.7 Å². The van der Waals surface area contributed by atoms with Gasteiger partial charge in [0.15, 0.2) is 0 Å². The highest BCUT2D eigenvalue weighted by molar-refractivity contribution is 9.10. The molecule has 0 aliphatic rings. The molecule has 0 radical (unpaired) electrons. The number of hydrogen-bond donors (Lipinski definition) is 2. The Balaban J connectivity index is 2.91. The van der Waals surface area contributed by atoms with Crippen LogP contribution < -0.4 is 10.3 Å². The average Bonchev–Trinajstić information content (AvgIpc) is 2.43. The third-order valence-corrected chi connectivity index (χ3v) is 3.95. The van der Waals surface area contributed by atoms with Crippen LogP contribution in [0, 0.1) is 0 Å². The minimum absolute atomic E-state index is 0.190. The van der Waals surface area contributed by atoms with E-state index in [0.29, 0.717) is 11.3 Å². The molecule has 6 heteroatoms. The fourth-order valence-corrected chi connectivity index (χ4v) is 2.54. The van der Waals surface area contributed by atoms with E-state index in [2.05, 4.69) is 15.9 Å². The zero-order valence-electron chi connectivity index (χ0n) is 12.8. The Morgan fingerprint density at radius 1 is 1.41 bits per heavy atom. The number of pyridine rings is 1. The Bertz CT molecular complexity index is 815. The zero-order chi connectivity index (χ0) is 16.7. The predicted molar refractivity (Wildman–Crippen MR) is 90.3 cm³/mol. The Morgan fingerprint density at radius 3 is 2.59 bits per heavy atom. The summed E-state index contributed by atoms with van der Waals surface area (Å²) in [5, 5.41) is 20.6. The van der Waals surface area contributed by atoms with Crippen LogP contribution in [0.3, 0.4) is 0 Å².